The lowest BCUT2D eigenvalue weighted by molar-refractivity contribution is 0.527. The molecule has 0 spiro atoms. The van der Waals surface area contributed by atoms with Gasteiger partial charge in [-0.05, 0) is 19.9 Å². The number of aryl methyl sites for hydroxylation is 1. The van der Waals surface area contributed by atoms with Crippen LogP contribution in [0.3, 0.4) is 0 Å². The predicted octanol–water partition coefficient (Wildman–Crippen LogP) is 3.57. The first-order valence-electron chi connectivity index (χ1n) is 7.68. The molecule has 0 aliphatic carbocycles. The maximum atomic E-state index is 4.45. The molecule has 20 heavy (non-hydrogen) atoms. The van der Waals surface area contributed by atoms with Gasteiger partial charge in [-0.1, -0.05) is 20.8 Å². The molecule has 4 unspecified atom stereocenters. The van der Waals surface area contributed by atoms with Crippen molar-refractivity contribution in [1.82, 2.24) is 15.1 Å². The zero-order valence-electron chi connectivity index (χ0n) is 13.0. The van der Waals surface area contributed by atoms with Crippen molar-refractivity contribution < 1.29 is 0 Å². The van der Waals surface area contributed by atoms with Crippen LogP contribution in [0.15, 0.2) is 12.4 Å². The van der Waals surface area contributed by atoms with E-state index >= 15 is 0 Å². The first-order chi connectivity index (χ1) is 9.65. The molecule has 0 radical (unpaired) electrons. The van der Waals surface area contributed by atoms with Crippen molar-refractivity contribution in [3.63, 3.8) is 0 Å². The van der Waals surface area contributed by atoms with E-state index in [1.54, 1.807) is 0 Å². The molecule has 4 atom stereocenters. The van der Waals surface area contributed by atoms with Crippen molar-refractivity contribution in [2.45, 2.75) is 62.5 Å². The average Bonchev–Trinajstić information content (AvgIpc) is 2.92. The predicted molar refractivity (Wildman–Crippen MR) is 91.7 cm³/mol. The standard InChI is InChI=1S/C15H27N3S2/c1-5-7-16-15(13-8-17-18(6-2)9-13)14-10-19-11(3)12(4)20-14/h8-9,11-12,14-16H,5-7,10H2,1-4H3. The molecule has 5 heteroatoms. The van der Waals surface area contributed by atoms with Crippen LogP contribution >= 0.6 is 23.5 Å². The van der Waals surface area contributed by atoms with Gasteiger partial charge in [0.1, 0.15) is 0 Å². The fourth-order valence-corrected chi connectivity index (χ4v) is 5.58. The molecule has 1 aliphatic rings. The molecule has 1 aliphatic heterocycles. The number of aromatic nitrogens is 2. The highest BCUT2D eigenvalue weighted by Crippen LogP contribution is 2.40. The highest BCUT2D eigenvalue weighted by atomic mass is 32.2. The lowest BCUT2D eigenvalue weighted by atomic mass is 10.1. The van der Waals surface area contributed by atoms with Gasteiger partial charge in [0, 0.05) is 45.8 Å². The van der Waals surface area contributed by atoms with Crippen molar-refractivity contribution in [2.24, 2.45) is 0 Å². The van der Waals surface area contributed by atoms with Gasteiger partial charge >= 0.3 is 0 Å². The van der Waals surface area contributed by atoms with Gasteiger partial charge in [0.15, 0.2) is 0 Å². The van der Waals surface area contributed by atoms with E-state index in [9.17, 15) is 0 Å². The first-order valence-corrected chi connectivity index (χ1v) is 9.67. The number of nitrogens with one attached hydrogen (secondary N) is 1. The van der Waals surface area contributed by atoms with Gasteiger partial charge in [-0.15, -0.1) is 0 Å². The first kappa shape index (κ1) is 16.2. The van der Waals surface area contributed by atoms with E-state index in [-0.39, 0.29) is 0 Å². The minimum atomic E-state index is 0.433. The largest absolute Gasteiger partial charge is 0.309 e. The Morgan fingerprint density at radius 2 is 2.20 bits per heavy atom. The Hall–Kier alpha value is -0.130. The number of hydrogen-bond acceptors (Lipinski definition) is 4. The highest BCUT2D eigenvalue weighted by Gasteiger charge is 2.32. The summed E-state index contributed by atoms with van der Waals surface area (Å²) in [6.07, 6.45) is 5.43. The van der Waals surface area contributed by atoms with Crippen LogP contribution in [-0.2, 0) is 6.54 Å². The number of thioether (sulfide) groups is 2. The van der Waals surface area contributed by atoms with E-state index < -0.39 is 0 Å². The maximum Gasteiger partial charge on any atom is 0.0538 e. The summed E-state index contributed by atoms with van der Waals surface area (Å²) in [5.74, 6) is 1.23. The molecule has 2 heterocycles. The van der Waals surface area contributed by atoms with Crippen LogP contribution < -0.4 is 5.32 Å². The van der Waals surface area contributed by atoms with Gasteiger partial charge in [-0.25, -0.2) is 0 Å². The normalized spacial score (nSPS) is 28.5. The third kappa shape index (κ3) is 3.95. The molecule has 2 rings (SSSR count). The fourth-order valence-electron chi connectivity index (χ4n) is 2.46. The van der Waals surface area contributed by atoms with Crippen molar-refractivity contribution in [3.05, 3.63) is 18.0 Å². The Bertz CT molecular complexity index is 408. The molecule has 1 aromatic rings. The molecule has 0 saturated carbocycles. The van der Waals surface area contributed by atoms with Crippen molar-refractivity contribution in [1.29, 1.82) is 0 Å². The summed E-state index contributed by atoms with van der Waals surface area (Å²) in [6.45, 7) is 11.1. The minimum Gasteiger partial charge on any atom is -0.309 e. The van der Waals surface area contributed by atoms with E-state index in [1.165, 1.54) is 17.7 Å². The van der Waals surface area contributed by atoms with Crippen LogP contribution in [0, 0.1) is 0 Å². The van der Waals surface area contributed by atoms with Crippen molar-refractivity contribution in [2.75, 3.05) is 12.3 Å². The van der Waals surface area contributed by atoms with Gasteiger partial charge in [0.05, 0.1) is 6.20 Å². The van der Waals surface area contributed by atoms with E-state index in [4.69, 9.17) is 0 Å². The van der Waals surface area contributed by atoms with Gasteiger partial charge < -0.3 is 5.32 Å². The molecule has 3 nitrogen and oxygen atoms in total. The second kappa shape index (κ2) is 7.76. The summed E-state index contributed by atoms with van der Waals surface area (Å²) in [5, 5.41) is 10.3. The number of hydrogen-bond donors (Lipinski definition) is 1. The van der Waals surface area contributed by atoms with Gasteiger partial charge in [-0.3, -0.25) is 4.68 Å². The zero-order chi connectivity index (χ0) is 14.5. The summed E-state index contributed by atoms with van der Waals surface area (Å²) in [5.41, 5.74) is 1.35. The zero-order valence-corrected chi connectivity index (χ0v) is 14.6. The maximum absolute atomic E-state index is 4.45. The van der Waals surface area contributed by atoms with Crippen LogP contribution in [0.4, 0.5) is 0 Å². The van der Waals surface area contributed by atoms with Crippen LogP contribution in [-0.4, -0.2) is 37.8 Å². The van der Waals surface area contributed by atoms with Crippen LogP contribution in [0.2, 0.25) is 0 Å². The van der Waals surface area contributed by atoms with Crippen molar-refractivity contribution >= 4 is 23.5 Å². The Morgan fingerprint density at radius 1 is 1.40 bits per heavy atom. The highest BCUT2D eigenvalue weighted by molar-refractivity contribution is 8.07. The smallest absolute Gasteiger partial charge is 0.0538 e. The molecule has 1 saturated heterocycles. The second-order valence-electron chi connectivity index (χ2n) is 5.48. The molecule has 1 aromatic heterocycles. The molecule has 0 aromatic carbocycles. The molecule has 114 valence electrons. The van der Waals surface area contributed by atoms with Gasteiger partial charge in [0.25, 0.3) is 0 Å². The van der Waals surface area contributed by atoms with Crippen LogP contribution in [0.1, 0.15) is 45.7 Å². The van der Waals surface area contributed by atoms with Crippen LogP contribution in [0.25, 0.3) is 0 Å². The van der Waals surface area contributed by atoms with E-state index in [1.807, 2.05) is 10.9 Å². The summed E-state index contributed by atoms with van der Waals surface area (Å²) < 4.78 is 2.03. The monoisotopic (exact) mass is 313 g/mol. The molecular formula is C15H27N3S2. The fraction of sp³-hybridized carbons (Fsp3) is 0.800. The Labute approximate surface area is 131 Å². The minimum absolute atomic E-state index is 0.433. The lowest BCUT2D eigenvalue weighted by Gasteiger charge is -2.36. The summed E-state index contributed by atoms with van der Waals surface area (Å²) >= 11 is 4.26. The number of nitrogens with zero attached hydrogens (tertiary/aromatic N) is 2. The second-order valence-corrected chi connectivity index (χ2v) is 8.51. The molecule has 1 fully saturated rings. The Kier molecular flexibility index (Phi) is 6.30. The van der Waals surface area contributed by atoms with E-state index in [2.05, 4.69) is 67.8 Å². The third-order valence-corrected chi connectivity index (χ3v) is 7.39. The lowest BCUT2D eigenvalue weighted by Crippen LogP contribution is -2.37. The van der Waals surface area contributed by atoms with Gasteiger partial charge in [-0.2, -0.15) is 28.6 Å². The summed E-state index contributed by atoms with van der Waals surface area (Å²) in [4.78, 5) is 0. The molecular weight excluding hydrogens is 286 g/mol. The third-order valence-electron chi connectivity index (χ3n) is 3.90. The van der Waals surface area contributed by atoms with E-state index in [0.717, 1.165) is 23.6 Å². The Balaban J connectivity index is 2.10. The van der Waals surface area contributed by atoms with Gasteiger partial charge in [0.2, 0.25) is 0 Å². The van der Waals surface area contributed by atoms with Crippen molar-refractivity contribution in [3.8, 4) is 0 Å². The van der Waals surface area contributed by atoms with Crippen LogP contribution in [0.5, 0.6) is 0 Å². The SMILES string of the molecule is CCCNC(c1cnn(CC)c1)C1CSC(C)C(C)S1. The Morgan fingerprint density at radius 3 is 2.80 bits per heavy atom. The number of rotatable bonds is 6. The quantitative estimate of drug-likeness (QED) is 0.869. The molecule has 0 amide bonds. The topological polar surface area (TPSA) is 29.9 Å². The van der Waals surface area contributed by atoms with E-state index in [0.29, 0.717) is 11.3 Å². The summed E-state index contributed by atoms with van der Waals surface area (Å²) in [6, 6.07) is 0.433. The average molecular weight is 314 g/mol. The summed E-state index contributed by atoms with van der Waals surface area (Å²) in [7, 11) is 0. The molecule has 1 N–H and O–H groups in total. The molecule has 0 bridgehead atoms.